The van der Waals surface area contributed by atoms with E-state index in [1.807, 2.05) is 13.0 Å². The van der Waals surface area contributed by atoms with Crippen LogP contribution in [0.2, 0.25) is 0 Å². The molecule has 84 valence electrons. The molecule has 1 aliphatic carbocycles. The molecule has 1 aromatic heterocycles. The minimum atomic E-state index is -0.00694. The van der Waals surface area contributed by atoms with E-state index in [0.29, 0.717) is 12.3 Å². The van der Waals surface area contributed by atoms with Crippen LogP contribution in [-0.4, -0.2) is 22.5 Å². The number of aromatic nitrogens is 2. The summed E-state index contributed by atoms with van der Waals surface area (Å²) < 4.78 is 4.73. The SMILES string of the molecule is CCOC(=O)C1CC1.N#Cc1cnccn1. The van der Waals surface area contributed by atoms with Crippen LogP contribution in [0.5, 0.6) is 0 Å². The van der Waals surface area contributed by atoms with E-state index in [2.05, 4.69) is 9.97 Å². The van der Waals surface area contributed by atoms with Gasteiger partial charge in [0.05, 0.1) is 18.7 Å². The molecule has 1 heterocycles. The first kappa shape index (κ1) is 12.1. The molecule has 0 N–H and O–H groups in total. The van der Waals surface area contributed by atoms with Gasteiger partial charge in [-0.25, -0.2) is 4.98 Å². The highest BCUT2D eigenvalue weighted by atomic mass is 16.5. The zero-order chi connectivity index (χ0) is 11.8. The predicted molar refractivity (Wildman–Crippen MR) is 56.1 cm³/mol. The Morgan fingerprint density at radius 3 is 2.75 bits per heavy atom. The second-order valence-electron chi connectivity index (χ2n) is 3.23. The Morgan fingerprint density at radius 2 is 2.38 bits per heavy atom. The molecule has 1 aliphatic rings. The van der Waals surface area contributed by atoms with Crippen LogP contribution in [0.15, 0.2) is 18.6 Å². The van der Waals surface area contributed by atoms with Gasteiger partial charge in [0.25, 0.3) is 0 Å². The molecule has 16 heavy (non-hydrogen) atoms. The van der Waals surface area contributed by atoms with E-state index in [1.165, 1.54) is 18.6 Å². The molecule has 0 aromatic carbocycles. The maximum atomic E-state index is 10.6. The third kappa shape index (κ3) is 4.51. The number of nitrogens with zero attached hydrogens (tertiary/aromatic N) is 3. The predicted octanol–water partition coefficient (Wildman–Crippen LogP) is 1.31. The Hall–Kier alpha value is -1.96. The Morgan fingerprint density at radius 1 is 1.62 bits per heavy atom. The highest BCUT2D eigenvalue weighted by Crippen LogP contribution is 2.29. The van der Waals surface area contributed by atoms with Gasteiger partial charge in [-0.1, -0.05) is 0 Å². The minimum absolute atomic E-state index is 0.00694. The quantitative estimate of drug-likeness (QED) is 0.701. The molecule has 1 aromatic rings. The van der Waals surface area contributed by atoms with Crippen molar-refractivity contribution in [3.8, 4) is 6.07 Å². The lowest BCUT2D eigenvalue weighted by Crippen LogP contribution is -2.04. The smallest absolute Gasteiger partial charge is 0.308 e. The van der Waals surface area contributed by atoms with Crippen molar-refractivity contribution in [2.75, 3.05) is 6.61 Å². The maximum Gasteiger partial charge on any atom is 0.308 e. The van der Waals surface area contributed by atoms with Gasteiger partial charge in [-0.3, -0.25) is 9.78 Å². The minimum Gasteiger partial charge on any atom is -0.466 e. The molecule has 0 saturated heterocycles. The van der Waals surface area contributed by atoms with Gasteiger partial charge < -0.3 is 4.74 Å². The van der Waals surface area contributed by atoms with Crippen molar-refractivity contribution in [1.29, 1.82) is 5.26 Å². The monoisotopic (exact) mass is 219 g/mol. The average Bonchev–Trinajstić information content (AvgIpc) is 3.15. The van der Waals surface area contributed by atoms with Gasteiger partial charge in [0.15, 0.2) is 5.69 Å². The number of rotatable bonds is 2. The molecule has 0 atom stereocenters. The highest BCUT2D eigenvalue weighted by Gasteiger charge is 2.30. The third-order valence-corrected chi connectivity index (χ3v) is 1.88. The summed E-state index contributed by atoms with van der Waals surface area (Å²) in [5.41, 5.74) is 0.354. The number of carbonyl (C=O) groups is 1. The van der Waals surface area contributed by atoms with Crippen LogP contribution in [0.25, 0.3) is 0 Å². The fraction of sp³-hybridized carbons (Fsp3) is 0.455. The Bertz CT molecular complexity index is 369. The summed E-state index contributed by atoms with van der Waals surface area (Å²) in [4.78, 5) is 17.9. The first-order chi connectivity index (χ1) is 7.77. The molecular formula is C11H13N3O2. The molecule has 5 nitrogen and oxygen atoms in total. The molecule has 2 rings (SSSR count). The number of carbonyl (C=O) groups excluding carboxylic acids is 1. The van der Waals surface area contributed by atoms with Crippen LogP contribution in [0.1, 0.15) is 25.5 Å². The first-order valence-corrected chi connectivity index (χ1v) is 5.10. The number of hydrogen-bond acceptors (Lipinski definition) is 5. The lowest BCUT2D eigenvalue weighted by atomic mass is 10.4. The van der Waals surface area contributed by atoms with Crippen molar-refractivity contribution < 1.29 is 9.53 Å². The number of ether oxygens (including phenoxy) is 1. The second kappa shape index (κ2) is 6.51. The van der Waals surface area contributed by atoms with Crippen molar-refractivity contribution in [1.82, 2.24) is 9.97 Å². The number of esters is 1. The first-order valence-electron chi connectivity index (χ1n) is 5.10. The van der Waals surface area contributed by atoms with Crippen LogP contribution in [0.4, 0.5) is 0 Å². The van der Waals surface area contributed by atoms with Crippen molar-refractivity contribution in [2.45, 2.75) is 19.8 Å². The van der Waals surface area contributed by atoms with Crippen molar-refractivity contribution in [3.05, 3.63) is 24.3 Å². The topological polar surface area (TPSA) is 75.9 Å². The summed E-state index contributed by atoms with van der Waals surface area (Å²) in [7, 11) is 0. The highest BCUT2D eigenvalue weighted by molar-refractivity contribution is 5.74. The van der Waals surface area contributed by atoms with E-state index in [4.69, 9.17) is 10.00 Å². The summed E-state index contributed by atoms with van der Waals surface area (Å²) in [6.07, 6.45) is 6.51. The van der Waals surface area contributed by atoms with Crippen molar-refractivity contribution in [3.63, 3.8) is 0 Å². The molecular weight excluding hydrogens is 206 g/mol. The normalized spacial score (nSPS) is 13.0. The van der Waals surface area contributed by atoms with E-state index in [-0.39, 0.29) is 11.9 Å². The second-order valence-corrected chi connectivity index (χ2v) is 3.23. The van der Waals surface area contributed by atoms with Crippen molar-refractivity contribution in [2.24, 2.45) is 5.92 Å². The van der Waals surface area contributed by atoms with Crippen LogP contribution >= 0.6 is 0 Å². The maximum absolute atomic E-state index is 10.6. The van der Waals surface area contributed by atoms with E-state index in [0.717, 1.165) is 12.8 Å². The molecule has 0 spiro atoms. The zero-order valence-corrected chi connectivity index (χ0v) is 9.09. The van der Waals surface area contributed by atoms with Crippen LogP contribution in [0.3, 0.4) is 0 Å². The lowest BCUT2D eigenvalue weighted by molar-refractivity contribution is -0.144. The molecule has 0 bridgehead atoms. The van der Waals surface area contributed by atoms with Crippen LogP contribution < -0.4 is 0 Å². The van der Waals surface area contributed by atoms with Crippen molar-refractivity contribution >= 4 is 5.97 Å². The lowest BCUT2D eigenvalue weighted by Gasteiger charge is -1.95. The molecule has 0 unspecified atom stereocenters. The van der Waals surface area contributed by atoms with Gasteiger partial charge in [-0.2, -0.15) is 5.26 Å². The van der Waals surface area contributed by atoms with E-state index in [1.54, 1.807) is 0 Å². The van der Waals surface area contributed by atoms with Crippen LogP contribution in [0, 0.1) is 17.2 Å². The Balaban J connectivity index is 0.000000160. The van der Waals surface area contributed by atoms with Gasteiger partial charge in [0, 0.05) is 12.4 Å². The van der Waals surface area contributed by atoms with Gasteiger partial charge in [0.2, 0.25) is 0 Å². The molecule has 0 aliphatic heterocycles. The van der Waals surface area contributed by atoms with E-state index in [9.17, 15) is 4.79 Å². The third-order valence-electron chi connectivity index (χ3n) is 1.88. The summed E-state index contributed by atoms with van der Waals surface area (Å²) in [6.45, 7) is 2.36. The van der Waals surface area contributed by atoms with E-state index >= 15 is 0 Å². The van der Waals surface area contributed by atoms with Gasteiger partial charge >= 0.3 is 5.97 Å². The summed E-state index contributed by atoms with van der Waals surface area (Å²) in [5.74, 6) is 0.252. The Kier molecular flexibility index (Phi) is 4.93. The molecule has 1 fully saturated rings. The Labute approximate surface area is 94.1 Å². The fourth-order valence-corrected chi connectivity index (χ4v) is 0.936. The van der Waals surface area contributed by atoms with Crippen LogP contribution in [-0.2, 0) is 9.53 Å². The molecule has 5 heteroatoms. The van der Waals surface area contributed by atoms with Gasteiger partial charge in [-0.15, -0.1) is 0 Å². The number of hydrogen-bond donors (Lipinski definition) is 0. The zero-order valence-electron chi connectivity index (χ0n) is 9.09. The standard InChI is InChI=1S/C6H10O2.C5H3N3/c1-2-8-6(7)5-3-4-5;6-3-5-4-7-1-2-8-5/h5H,2-4H2,1H3;1-2,4H. The number of nitriles is 1. The summed E-state index contributed by atoms with van der Waals surface area (Å²) in [6, 6.07) is 1.85. The van der Waals surface area contributed by atoms with Gasteiger partial charge in [-0.05, 0) is 19.8 Å². The summed E-state index contributed by atoms with van der Waals surface area (Å²) >= 11 is 0. The summed E-state index contributed by atoms with van der Waals surface area (Å²) in [5, 5.41) is 8.19. The average molecular weight is 219 g/mol. The van der Waals surface area contributed by atoms with E-state index < -0.39 is 0 Å². The molecule has 1 saturated carbocycles. The molecule has 0 amide bonds. The molecule has 0 radical (unpaired) electrons. The van der Waals surface area contributed by atoms with Gasteiger partial charge in [0.1, 0.15) is 6.07 Å². The largest absolute Gasteiger partial charge is 0.466 e. The fourth-order valence-electron chi connectivity index (χ4n) is 0.936.